The third-order valence-corrected chi connectivity index (χ3v) is 2.08. The molecular weight excluding hydrogens is 200 g/mol. The van der Waals surface area contributed by atoms with Gasteiger partial charge in [0.2, 0.25) is 0 Å². The summed E-state index contributed by atoms with van der Waals surface area (Å²) in [6, 6.07) is 0. The van der Waals surface area contributed by atoms with Crippen LogP contribution in [-0.4, -0.2) is 11.6 Å². The summed E-state index contributed by atoms with van der Waals surface area (Å²) in [4.78, 5) is 21.5. The molecule has 0 fully saturated rings. The van der Waals surface area contributed by atoms with Crippen LogP contribution in [-0.2, 0) is 9.59 Å². The molecule has 0 aliphatic rings. The number of hydrogen-bond donors (Lipinski definition) is 0. The van der Waals surface area contributed by atoms with E-state index in [-0.39, 0.29) is 16.6 Å². The van der Waals surface area contributed by atoms with Crippen molar-refractivity contribution in [3.05, 3.63) is 12.7 Å². The lowest BCUT2D eigenvalue weighted by atomic mass is 9.90. The van der Waals surface area contributed by atoms with Crippen molar-refractivity contribution < 1.29 is 9.59 Å². The summed E-state index contributed by atoms with van der Waals surface area (Å²) in [5, 5.41) is 0. The predicted octanol–water partition coefficient (Wildman–Crippen LogP) is 3.80. The smallest absolute Gasteiger partial charge is 0.160 e. The van der Waals surface area contributed by atoms with Crippen LogP contribution in [0.1, 0.15) is 54.9 Å². The SMILES string of the molecule is C=CC(=O)C(C)(C)C.CCC(=O)C(C)(C)C. The van der Waals surface area contributed by atoms with Crippen molar-refractivity contribution in [1.29, 1.82) is 0 Å². The lowest BCUT2D eigenvalue weighted by Gasteiger charge is -2.13. The van der Waals surface area contributed by atoms with E-state index >= 15 is 0 Å². The van der Waals surface area contributed by atoms with Crippen molar-refractivity contribution in [2.45, 2.75) is 54.9 Å². The Morgan fingerprint density at radius 3 is 1.38 bits per heavy atom. The zero-order valence-corrected chi connectivity index (χ0v) is 11.8. The summed E-state index contributed by atoms with van der Waals surface area (Å²) in [5.74, 6) is 0.426. The van der Waals surface area contributed by atoms with Gasteiger partial charge in [-0.05, 0) is 6.08 Å². The maximum atomic E-state index is 10.8. The summed E-state index contributed by atoms with van der Waals surface area (Å²) in [7, 11) is 0. The predicted molar refractivity (Wildman–Crippen MR) is 69.4 cm³/mol. The highest BCUT2D eigenvalue weighted by Crippen LogP contribution is 2.15. The number of hydrogen-bond acceptors (Lipinski definition) is 2. The second-order valence-electron chi connectivity index (χ2n) is 5.85. The topological polar surface area (TPSA) is 34.1 Å². The van der Waals surface area contributed by atoms with Gasteiger partial charge in [0.05, 0.1) is 0 Å². The fraction of sp³-hybridized carbons (Fsp3) is 0.714. The van der Waals surface area contributed by atoms with Gasteiger partial charge in [-0.2, -0.15) is 0 Å². The van der Waals surface area contributed by atoms with E-state index in [2.05, 4.69) is 6.58 Å². The Morgan fingerprint density at radius 1 is 1.00 bits per heavy atom. The lowest BCUT2D eigenvalue weighted by Crippen LogP contribution is -2.18. The summed E-state index contributed by atoms with van der Waals surface area (Å²) in [6.45, 7) is 16.7. The first-order valence-electron chi connectivity index (χ1n) is 5.67. The molecule has 0 aromatic carbocycles. The highest BCUT2D eigenvalue weighted by molar-refractivity contribution is 5.93. The van der Waals surface area contributed by atoms with E-state index in [4.69, 9.17) is 0 Å². The summed E-state index contributed by atoms with van der Waals surface area (Å²) in [6.07, 6.45) is 2.02. The third kappa shape index (κ3) is 8.39. The minimum absolute atomic E-state index is 0.0949. The number of carbonyl (C=O) groups is 2. The van der Waals surface area contributed by atoms with Gasteiger partial charge in [0, 0.05) is 17.3 Å². The molecule has 16 heavy (non-hydrogen) atoms. The van der Waals surface area contributed by atoms with Crippen LogP contribution in [0.2, 0.25) is 0 Å². The first-order chi connectivity index (χ1) is 6.96. The van der Waals surface area contributed by atoms with Crippen molar-refractivity contribution >= 4 is 11.6 Å². The van der Waals surface area contributed by atoms with Gasteiger partial charge in [-0.15, -0.1) is 0 Å². The molecule has 0 N–H and O–H groups in total. The molecule has 0 spiro atoms. The molecule has 0 saturated heterocycles. The second-order valence-corrected chi connectivity index (χ2v) is 5.85. The van der Waals surface area contributed by atoms with Crippen LogP contribution < -0.4 is 0 Å². The van der Waals surface area contributed by atoms with E-state index in [0.717, 1.165) is 0 Å². The summed E-state index contributed by atoms with van der Waals surface area (Å²) >= 11 is 0. The Bertz CT molecular complexity index is 249. The monoisotopic (exact) mass is 226 g/mol. The Hall–Kier alpha value is -0.920. The van der Waals surface area contributed by atoms with Crippen molar-refractivity contribution in [3.8, 4) is 0 Å². The first kappa shape index (κ1) is 17.5. The van der Waals surface area contributed by atoms with E-state index in [1.54, 1.807) is 0 Å². The normalized spacial score (nSPS) is 11.2. The summed E-state index contributed by atoms with van der Waals surface area (Å²) < 4.78 is 0. The van der Waals surface area contributed by atoms with Crippen molar-refractivity contribution in [1.82, 2.24) is 0 Å². The molecule has 0 aliphatic carbocycles. The average molecular weight is 226 g/mol. The highest BCUT2D eigenvalue weighted by Gasteiger charge is 2.18. The molecule has 0 bridgehead atoms. The molecule has 0 aromatic rings. The number of rotatable bonds is 2. The quantitative estimate of drug-likeness (QED) is 0.671. The summed E-state index contributed by atoms with van der Waals surface area (Å²) in [5.41, 5.74) is -0.378. The van der Waals surface area contributed by atoms with Gasteiger partial charge in [0.25, 0.3) is 0 Å². The zero-order chi connectivity index (χ0) is 13.6. The van der Waals surface area contributed by atoms with E-state index < -0.39 is 0 Å². The largest absolute Gasteiger partial charge is 0.299 e. The first-order valence-corrected chi connectivity index (χ1v) is 5.67. The highest BCUT2D eigenvalue weighted by atomic mass is 16.1. The van der Waals surface area contributed by atoms with Gasteiger partial charge in [0.15, 0.2) is 5.78 Å². The van der Waals surface area contributed by atoms with Crippen LogP contribution in [0.4, 0.5) is 0 Å². The molecule has 2 heteroatoms. The molecule has 0 atom stereocenters. The number of carbonyl (C=O) groups excluding carboxylic acids is 2. The number of ketones is 2. The Morgan fingerprint density at radius 2 is 1.38 bits per heavy atom. The van der Waals surface area contributed by atoms with Gasteiger partial charge in [-0.1, -0.05) is 55.0 Å². The van der Waals surface area contributed by atoms with Crippen LogP contribution in [0.15, 0.2) is 12.7 Å². The van der Waals surface area contributed by atoms with Crippen molar-refractivity contribution in [2.24, 2.45) is 10.8 Å². The standard InChI is InChI=1S/C7H14O.C7H12O/c2*1-5-6(8)7(2,3)4/h5H2,1-4H3;5H,1H2,2-4H3. The fourth-order valence-corrected chi connectivity index (χ4v) is 0.837. The minimum atomic E-state index is -0.248. The van der Waals surface area contributed by atoms with Crippen LogP contribution in [0.3, 0.4) is 0 Å². The van der Waals surface area contributed by atoms with Gasteiger partial charge in [-0.25, -0.2) is 0 Å². The molecule has 0 heterocycles. The molecule has 2 nitrogen and oxygen atoms in total. The van der Waals surface area contributed by atoms with Crippen LogP contribution >= 0.6 is 0 Å². The minimum Gasteiger partial charge on any atom is -0.299 e. The maximum absolute atomic E-state index is 10.8. The Balaban J connectivity index is 0. The van der Waals surface area contributed by atoms with Gasteiger partial charge in [0.1, 0.15) is 5.78 Å². The van der Waals surface area contributed by atoms with Gasteiger partial charge >= 0.3 is 0 Å². The molecule has 94 valence electrons. The second kappa shape index (κ2) is 6.62. The van der Waals surface area contributed by atoms with Crippen molar-refractivity contribution in [3.63, 3.8) is 0 Å². The molecule has 0 unspecified atom stereocenters. The Kier molecular flexibility index (Phi) is 7.23. The number of allylic oxidation sites excluding steroid dienone is 1. The lowest BCUT2D eigenvalue weighted by molar-refractivity contribution is -0.126. The molecule has 0 radical (unpaired) electrons. The molecule has 0 aromatic heterocycles. The maximum Gasteiger partial charge on any atom is 0.160 e. The zero-order valence-electron chi connectivity index (χ0n) is 11.8. The van der Waals surface area contributed by atoms with E-state index in [1.807, 2.05) is 48.5 Å². The fourth-order valence-electron chi connectivity index (χ4n) is 0.837. The molecule has 0 saturated carbocycles. The molecule has 0 aliphatic heterocycles. The average Bonchev–Trinajstić information content (AvgIpc) is 2.13. The van der Waals surface area contributed by atoms with Crippen LogP contribution in [0.5, 0.6) is 0 Å². The van der Waals surface area contributed by atoms with Crippen LogP contribution in [0.25, 0.3) is 0 Å². The van der Waals surface area contributed by atoms with Gasteiger partial charge in [-0.3, -0.25) is 9.59 Å². The van der Waals surface area contributed by atoms with Crippen LogP contribution in [0, 0.1) is 10.8 Å². The Labute approximate surface area is 100 Å². The number of Topliss-reactive ketones (excluding diaryl/α,β-unsaturated/α-hetero) is 1. The van der Waals surface area contributed by atoms with E-state index in [0.29, 0.717) is 12.2 Å². The van der Waals surface area contributed by atoms with E-state index in [1.165, 1.54) is 6.08 Å². The molecular formula is C14H26O2. The molecule has 0 rings (SSSR count). The van der Waals surface area contributed by atoms with Gasteiger partial charge < -0.3 is 0 Å². The molecule has 0 amide bonds. The third-order valence-electron chi connectivity index (χ3n) is 2.08. The van der Waals surface area contributed by atoms with E-state index in [9.17, 15) is 9.59 Å². The van der Waals surface area contributed by atoms with Crippen molar-refractivity contribution in [2.75, 3.05) is 0 Å².